The molecule has 0 fully saturated rings. The van der Waals surface area contributed by atoms with Crippen molar-refractivity contribution in [3.8, 4) is 0 Å². The molecule has 0 saturated heterocycles. The Hall–Kier alpha value is -3.61. The minimum absolute atomic E-state index is 0.192. The number of rotatable bonds is 7. The van der Waals surface area contributed by atoms with Gasteiger partial charge in [0.2, 0.25) is 5.95 Å². The quantitative estimate of drug-likeness (QED) is 0.434. The van der Waals surface area contributed by atoms with Gasteiger partial charge in [0.15, 0.2) is 0 Å². The van der Waals surface area contributed by atoms with Gasteiger partial charge < -0.3 is 10.6 Å². The average Bonchev–Trinajstić information content (AvgIpc) is 3.15. The van der Waals surface area contributed by atoms with Gasteiger partial charge in [0, 0.05) is 18.3 Å². The van der Waals surface area contributed by atoms with Crippen molar-refractivity contribution in [2.75, 3.05) is 10.6 Å². The summed E-state index contributed by atoms with van der Waals surface area (Å²) in [6, 6.07) is 18.1. The highest BCUT2D eigenvalue weighted by atomic mass is 16.1. The molecule has 0 saturated carbocycles. The molecule has 0 radical (unpaired) electrons. The number of nitrogens with one attached hydrogen (secondary N) is 3. The number of anilines is 2. The molecule has 0 aliphatic carbocycles. The third kappa shape index (κ3) is 4.51. The van der Waals surface area contributed by atoms with E-state index in [0.717, 1.165) is 11.3 Å². The number of H-pyrrole nitrogens is 1. The monoisotopic (exact) mass is 402 g/mol. The molecule has 0 aliphatic heterocycles. The van der Waals surface area contributed by atoms with Crippen LogP contribution in [-0.4, -0.2) is 19.6 Å². The molecule has 2 heterocycles. The Morgan fingerprint density at radius 1 is 1.00 bits per heavy atom. The standard InChI is InChI=1S/C23H26N6O/c1-15(2)18-9-7-17(8-10-18)13-25-22-27-23-26-20(12-21(30)29(23)28-22)14-24-19-6-4-5-16(3)11-19/h4-12,15,24H,13-14H2,1-3H3,(H2,25,26,27,28). The van der Waals surface area contributed by atoms with Gasteiger partial charge in [-0.2, -0.15) is 9.50 Å². The van der Waals surface area contributed by atoms with Crippen molar-refractivity contribution in [1.29, 1.82) is 0 Å². The number of nitrogens with zero attached hydrogens (tertiary/aromatic N) is 3. The highest BCUT2D eigenvalue weighted by molar-refractivity contribution is 5.46. The largest absolute Gasteiger partial charge is 0.379 e. The fourth-order valence-corrected chi connectivity index (χ4v) is 3.25. The SMILES string of the molecule is Cc1cccc(NCc2cc(=O)n3[nH]c(NCc4ccc(C(C)C)cc4)nc3n2)c1. The van der Waals surface area contributed by atoms with Crippen LogP contribution in [0.15, 0.2) is 59.4 Å². The second kappa shape index (κ2) is 8.41. The third-order valence-electron chi connectivity index (χ3n) is 4.98. The zero-order chi connectivity index (χ0) is 21.1. The van der Waals surface area contributed by atoms with Crippen molar-refractivity contribution in [1.82, 2.24) is 19.6 Å². The number of aromatic amines is 1. The Kier molecular flexibility index (Phi) is 5.52. The molecule has 0 atom stereocenters. The lowest BCUT2D eigenvalue weighted by Gasteiger charge is -2.07. The molecule has 2 aromatic heterocycles. The van der Waals surface area contributed by atoms with Crippen molar-refractivity contribution in [3.05, 3.63) is 87.3 Å². The summed E-state index contributed by atoms with van der Waals surface area (Å²) < 4.78 is 1.35. The predicted molar refractivity (Wildman–Crippen MR) is 120 cm³/mol. The Balaban J connectivity index is 1.45. The number of hydrogen-bond donors (Lipinski definition) is 3. The van der Waals surface area contributed by atoms with E-state index in [4.69, 9.17) is 0 Å². The van der Waals surface area contributed by atoms with Crippen molar-refractivity contribution in [2.45, 2.75) is 39.8 Å². The van der Waals surface area contributed by atoms with Crippen LogP contribution in [0.5, 0.6) is 0 Å². The molecule has 7 heteroatoms. The second-order valence-corrected chi connectivity index (χ2v) is 7.77. The first-order chi connectivity index (χ1) is 14.5. The molecule has 0 amide bonds. The molecule has 30 heavy (non-hydrogen) atoms. The molecule has 0 bridgehead atoms. The maximum Gasteiger partial charge on any atom is 0.274 e. The average molecular weight is 403 g/mol. The Morgan fingerprint density at radius 2 is 1.80 bits per heavy atom. The van der Waals surface area contributed by atoms with Crippen LogP contribution in [0, 0.1) is 6.92 Å². The van der Waals surface area contributed by atoms with Crippen molar-refractivity contribution < 1.29 is 0 Å². The number of fused-ring (bicyclic) bond motifs is 1. The first kappa shape index (κ1) is 19.7. The molecule has 154 valence electrons. The van der Waals surface area contributed by atoms with Crippen molar-refractivity contribution in [2.24, 2.45) is 0 Å². The number of aryl methyl sites for hydroxylation is 1. The van der Waals surface area contributed by atoms with E-state index >= 15 is 0 Å². The van der Waals surface area contributed by atoms with E-state index in [9.17, 15) is 4.79 Å². The maximum atomic E-state index is 12.4. The maximum absolute atomic E-state index is 12.4. The lowest BCUT2D eigenvalue weighted by atomic mass is 10.0. The van der Waals surface area contributed by atoms with E-state index in [-0.39, 0.29) is 5.56 Å². The van der Waals surface area contributed by atoms with Gasteiger partial charge in [-0.3, -0.25) is 9.89 Å². The zero-order valence-electron chi connectivity index (χ0n) is 17.4. The fraction of sp³-hybridized carbons (Fsp3) is 0.261. The minimum Gasteiger partial charge on any atom is -0.379 e. The van der Waals surface area contributed by atoms with Gasteiger partial charge >= 0.3 is 0 Å². The van der Waals surface area contributed by atoms with E-state index in [1.54, 1.807) is 0 Å². The summed E-state index contributed by atoms with van der Waals surface area (Å²) in [5, 5.41) is 9.49. The Bertz CT molecular complexity index is 1210. The van der Waals surface area contributed by atoms with E-state index in [2.05, 4.69) is 69.9 Å². The van der Waals surface area contributed by atoms with Crippen LogP contribution < -0.4 is 16.2 Å². The lowest BCUT2D eigenvalue weighted by Crippen LogP contribution is -2.17. The van der Waals surface area contributed by atoms with Crippen LogP contribution in [-0.2, 0) is 13.1 Å². The summed E-state index contributed by atoms with van der Waals surface area (Å²) in [4.78, 5) is 21.4. The van der Waals surface area contributed by atoms with Crippen LogP contribution in [0.1, 0.15) is 42.1 Å². The first-order valence-electron chi connectivity index (χ1n) is 10.1. The van der Waals surface area contributed by atoms with Crippen LogP contribution in [0.25, 0.3) is 5.78 Å². The smallest absolute Gasteiger partial charge is 0.274 e. The van der Waals surface area contributed by atoms with Gasteiger partial charge in [-0.15, -0.1) is 0 Å². The fourth-order valence-electron chi connectivity index (χ4n) is 3.25. The summed E-state index contributed by atoms with van der Waals surface area (Å²) in [6.07, 6.45) is 0. The molecular weight excluding hydrogens is 376 g/mol. The molecule has 0 unspecified atom stereocenters. The zero-order valence-corrected chi connectivity index (χ0v) is 17.4. The molecule has 4 rings (SSSR count). The molecule has 2 aromatic carbocycles. The molecule has 3 N–H and O–H groups in total. The predicted octanol–water partition coefficient (Wildman–Crippen LogP) is 4.07. The van der Waals surface area contributed by atoms with Crippen molar-refractivity contribution in [3.63, 3.8) is 0 Å². The van der Waals surface area contributed by atoms with Gasteiger partial charge in [-0.25, -0.2) is 4.98 Å². The van der Waals surface area contributed by atoms with Crippen LogP contribution in [0.4, 0.5) is 11.6 Å². The van der Waals surface area contributed by atoms with Gasteiger partial charge in [-0.1, -0.05) is 50.2 Å². The third-order valence-corrected chi connectivity index (χ3v) is 4.98. The van der Waals surface area contributed by atoms with E-state index in [0.29, 0.717) is 36.4 Å². The molecule has 4 aromatic rings. The van der Waals surface area contributed by atoms with Crippen LogP contribution in [0.2, 0.25) is 0 Å². The van der Waals surface area contributed by atoms with Gasteiger partial charge in [0.05, 0.1) is 12.2 Å². The van der Waals surface area contributed by atoms with Crippen LogP contribution in [0.3, 0.4) is 0 Å². The summed E-state index contributed by atoms with van der Waals surface area (Å²) in [5.41, 5.74) is 5.06. The number of hydrogen-bond acceptors (Lipinski definition) is 5. The van der Waals surface area contributed by atoms with E-state index < -0.39 is 0 Å². The number of aromatic nitrogens is 4. The molecule has 0 aliphatic rings. The summed E-state index contributed by atoms with van der Waals surface area (Å²) in [5.74, 6) is 1.37. The minimum atomic E-state index is -0.192. The normalized spacial score (nSPS) is 11.2. The second-order valence-electron chi connectivity index (χ2n) is 7.77. The molecular formula is C23H26N6O. The topological polar surface area (TPSA) is 87.1 Å². The highest BCUT2D eigenvalue weighted by Crippen LogP contribution is 2.15. The van der Waals surface area contributed by atoms with E-state index in [1.807, 2.05) is 25.1 Å². The van der Waals surface area contributed by atoms with Crippen LogP contribution >= 0.6 is 0 Å². The highest BCUT2D eigenvalue weighted by Gasteiger charge is 2.08. The summed E-state index contributed by atoms with van der Waals surface area (Å²) in [7, 11) is 0. The molecule has 7 nitrogen and oxygen atoms in total. The Labute approximate surface area is 175 Å². The van der Waals surface area contributed by atoms with Gasteiger partial charge in [0.25, 0.3) is 11.3 Å². The lowest BCUT2D eigenvalue weighted by molar-refractivity contribution is 0.864. The van der Waals surface area contributed by atoms with Gasteiger partial charge in [0.1, 0.15) is 0 Å². The Morgan fingerprint density at radius 3 is 2.53 bits per heavy atom. The summed E-state index contributed by atoms with van der Waals surface area (Å²) >= 11 is 0. The first-order valence-corrected chi connectivity index (χ1v) is 10.1. The number of benzene rings is 2. The van der Waals surface area contributed by atoms with Crippen molar-refractivity contribution >= 4 is 17.4 Å². The summed E-state index contributed by atoms with van der Waals surface area (Å²) in [6.45, 7) is 7.45. The molecule has 0 spiro atoms. The van der Waals surface area contributed by atoms with E-state index in [1.165, 1.54) is 21.7 Å². The van der Waals surface area contributed by atoms with Gasteiger partial charge in [-0.05, 0) is 41.7 Å².